The average molecular weight is 328 g/mol. The van der Waals surface area contributed by atoms with Crippen molar-refractivity contribution in [3.05, 3.63) is 63.7 Å². The fourth-order valence-corrected chi connectivity index (χ4v) is 2.06. The van der Waals surface area contributed by atoms with E-state index in [1.54, 1.807) is 18.2 Å². The van der Waals surface area contributed by atoms with Gasteiger partial charge in [-0.2, -0.15) is 0 Å². The largest absolute Gasteiger partial charge is 0.474 e. The number of ether oxygens (including phenoxy) is 1. The molecule has 0 unspecified atom stereocenters. The summed E-state index contributed by atoms with van der Waals surface area (Å²) in [5, 5.41) is 13.8. The van der Waals surface area contributed by atoms with Gasteiger partial charge >= 0.3 is 5.69 Å². The Kier molecular flexibility index (Phi) is 5.26. The van der Waals surface area contributed by atoms with E-state index in [0.717, 1.165) is 11.6 Å². The molecule has 7 nitrogen and oxygen atoms in total. The molecule has 7 heteroatoms. The average Bonchev–Trinajstić information content (AvgIpc) is 2.54. The van der Waals surface area contributed by atoms with E-state index in [4.69, 9.17) is 4.74 Å². The molecule has 24 heavy (non-hydrogen) atoms. The van der Waals surface area contributed by atoms with E-state index in [1.165, 1.54) is 19.1 Å². The minimum Gasteiger partial charge on any atom is -0.474 e. The third kappa shape index (κ3) is 4.16. The highest BCUT2D eigenvalue weighted by Crippen LogP contribution is 2.28. The smallest absolute Gasteiger partial charge is 0.311 e. The summed E-state index contributed by atoms with van der Waals surface area (Å²) >= 11 is 0. The Bertz CT molecular complexity index is 788. The molecule has 0 aliphatic rings. The van der Waals surface area contributed by atoms with E-state index in [1.807, 2.05) is 13.0 Å². The molecule has 2 aromatic rings. The number of nitrogens with one attached hydrogen (secondary N) is 1. The lowest BCUT2D eigenvalue weighted by Crippen LogP contribution is -2.30. The molecule has 124 valence electrons. The second-order valence-corrected chi connectivity index (χ2v) is 5.22. The van der Waals surface area contributed by atoms with E-state index in [0.29, 0.717) is 12.0 Å². The third-order valence-electron chi connectivity index (χ3n) is 3.27. The number of nitro groups is 1. The maximum atomic E-state index is 12.2. The molecule has 2 aromatic carbocycles. The lowest BCUT2D eigenvalue weighted by Gasteiger charge is -2.15. The van der Waals surface area contributed by atoms with Crippen molar-refractivity contribution in [3.8, 4) is 5.75 Å². The molecule has 1 amide bonds. The number of aryl methyl sites for hydroxylation is 1. The summed E-state index contributed by atoms with van der Waals surface area (Å²) in [6.07, 6.45) is -0.448. The second-order valence-electron chi connectivity index (χ2n) is 5.22. The number of nitro benzene ring substituents is 1. The van der Waals surface area contributed by atoms with Crippen LogP contribution in [-0.4, -0.2) is 23.2 Å². The predicted octanol–water partition coefficient (Wildman–Crippen LogP) is 3.12. The standard InChI is InChI=1S/C17H16N2O5/c1-11-4-3-5-14(8-11)18-17(21)12(2)24-16-7-6-13(10-20)9-15(16)19(22)23/h3-10,12H,1-2H3,(H,18,21)/t12-/m0/s1. The van der Waals surface area contributed by atoms with Crippen LogP contribution in [0.25, 0.3) is 0 Å². The fraction of sp³-hybridized carbons (Fsp3) is 0.176. The predicted molar refractivity (Wildman–Crippen MR) is 88.4 cm³/mol. The molecule has 1 atom stereocenters. The molecule has 0 spiro atoms. The highest BCUT2D eigenvalue weighted by molar-refractivity contribution is 5.94. The van der Waals surface area contributed by atoms with Crippen LogP contribution in [0.3, 0.4) is 0 Å². The van der Waals surface area contributed by atoms with Crippen molar-refractivity contribution in [1.29, 1.82) is 0 Å². The number of hydrogen-bond acceptors (Lipinski definition) is 5. The normalized spacial score (nSPS) is 11.4. The van der Waals surface area contributed by atoms with Gasteiger partial charge in [0.25, 0.3) is 5.91 Å². The first kappa shape index (κ1) is 17.1. The zero-order valence-corrected chi connectivity index (χ0v) is 13.2. The van der Waals surface area contributed by atoms with Crippen molar-refractivity contribution in [2.45, 2.75) is 20.0 Å². The Labute approximate surface area is 138 Å². The number of hydrogen-bond donors (Lipinski definition) is 1. The van der Waals surface area contributed by atoms with Crippen LogP contribution in [-0.2, 0) is 4.79 Å². The Morgan fingerprint density at radius 2 is 2.04 bits per heavy atom. The highest BCUT2D eigenvalue weighted by atomic mass is 16.6. The summed E-state index contributed by atoms with van der Waals surface area (Å²) in [5.74, 6) is -0.508. The van der Waals surface area contributed by atoms with Crippen molar-refractivity contribution < 1.29 is 19.2 Å². The third-order valence-corrected chi connectivity index (χ3v) is 3.27. The van der Waals surface area contributed by atoms with Crippen molar-refractivity contribution in [2.24, 2.45) is 0 Å². The van der Waals surface area contributed by atoms with Crippen LogP contribution in [0.4, 0.5) is 11.4 Å². The van der Waals surface area contributed by atoms with E-state index < -0.39 is 16.9 Å². The number of carbonyl (C=O) groups excluding carboxylic acids is 2. The van der Waals surface area contributed by atoms with Gasteiger partial charge in [-0.05, 0) is 43.7 Å². The highest BCUT2D eigenvalue weighted by Gasteiger charge is 2.21. The van der Waals surface area contributed by atoms with Crippen molar-refractivity contribution in [3.63, 3.8) is 0 Å². The summed E-state index contributed by atoms with van der Waals surface area (Å²) in [4.78, 5) is 33.3. The van der Waals surface area contributed by atoms with Gasteiger partial charge in [-0.25, -0.2) is 0 Å². The number of nitrogens with zero attached hydrogens (tertiary/aromatic N) is 1. The van der Waals surface area contributed by atoms with Crippen molar-refractivity contribution >= 4 is 23.6 Å². The van der Waals surface area contributed by atoms with Crippen LogP contribution in [0, 0.1) is 17.0 Å². The SMILES string of the molecule is Cc1cccc(NC(=O)[C@H](C)Oc2ccc(C=O)cc2[N+](=O)[O-])c1. The molecule has 0 aliphatic carbocycles. The van der Waals surface area contributed by atoms with E-state index in [9.17, 15) is 19.7 Å². The lowest BCUT2D eigenvalue weighted by atomic mass is 10.2. The number of aldehydes is 1. The minimum absolute atomic E-state index is 0.0718. The first-order chi connectivity index (χ1) is 11.4. The number of amides is 1. The zero-order chi connectivity index (χ0) is 17.7. The molecular formula is C17H16N2O5. The van der Waals surface area contributed by atoms with E-state index >= 15 is 0 Å². The summed E-state index contributed by atoms with van der Waals surface area (Å²) in [7, 11) is 0. The monoisotopic (exact) mass is 328 g/mol. The molecule has 1 N–H and O–H groups in total. The molecule has 0 fully saturated rings. The fourth-order valence-electron chi connectivity index (χ4n) is 2.06. The molecule has 0 heterocycles. The van der Waals surface area contributed by atoms with Crippen LogP contribution in [0.5, 0.6) is 5.75 Å². The molecule has 0 aliphatic heterocycles. The van der Waals surface area contributed by atoms with Crippen LogP contribution < -0.4 is 10.1 Å². The van der Waals surface area contributed by atoms with Crippen molar-refractivity contribution in [2.75, 3.05) is 5.32 Å². The molecule has 2 rings (SSSR count). The van der Waals surface area contributed by atoms with Gasteiger partial charge in [0.2, 0.25) is 0 Å². The Balaban J connectivity index is 2.14. The number of rotatable bonds is 6. The molecule has 0 bridgehead atoms. The Hall–Kier alpha value is -3.22. The maximum Gasteiger partial charge on any atom is 0.311 e. The summed E-state index contributed by atoms with van der Waals surface area (Å²) < 4.78 is 5.40. The summed E-state index contributed by atoms with van der Waals surface area (Å²) in [6, 6.07) is 11.0. The molecule has 0 saturated heterocycles. The van der Waals surface area contributed by atoms with Gasteiger partial charge in [0.15, 0.2) is 11.9 Å². The first-order valence-electron chi connectivity index (χ1n) is 7.18. The van der Waals surface area contributed by atoms with Crippen LogP contribution >= 0.6 is 0 Å². The lowest BCUT2D eigenvalue weighted by molar-refractivity contribution is -0.386. The number of anilines is 1. The van der Waals surface area contributed by atoms with E-state index in [-0.39, 0.29) is 17.0 Å². The van der Waals surface area contributed by atoms with Gasteiger partial charge in [-0.3, -0.25) is 19.7 Å². The number of carbonyl (C=O) groups is 2. The van der Waals surface area contributed by atoms with Gasteiger partial charge < -0.3 is 10.1 Å². The molecule has 0 aromatic heterocycles. The van der Waals surface area contributed by atoms with Gasteiger partial charge in [0, 0.05) is 17.3 Å². The maximum absolute atomic E-state index is 12.2. The van der Waals surface area contributed by atoms with Crippen LogP contribution in [0.2, 0.25) is 0 Å². The van der Waals surface area contributed by atoms with Gasteiger partial charge in [0.05, 0.1) is 4.92 Å². The van der Waals surface area contributed by atoms with Crippen LogP contribution in [0.15, 0.2) is 42.5 Å². The minimum atomic E-state index is -0.953. The number of benzene rings is 2. The summed E-state index contributed by atoms with van der Waals surface area (Å²) in [5.41, 5.74) is 1.39. The van der Waals surface area contributed by atoms with Gasteiger partial charge in [0.1, 0.15) is 6.29 Å². The van der Waals surface area contributed by atoms with E-state index in [2.05, 4.69) is 5.32 Å². The Morgan fingerprint density at radius 3 is 2.67 bits per heavy atom. The quantitative estimate of drug-likeness (QED) is 0.499. The van der Waals surface area contributed by atoms with Gasteiger partial charge in [-0.1, -0.05) is 12.1 Å². The molecular weight excluding hydrogens is 312 g/mol. The molecule has 0 saturated carbocycles. The zero-order valence-electron chi connectivity index (χ0n) is 13.2. The second kappa shape index (κ2) is 7.36. The Morgan fingerprint density at radius 1 is 1.29 bits per heavy atom. The summed E-state index contributed by atoms with van der Waals surface area (Å²) in [6.45, 7) is 3.38. The molecule has 0 radical (unpaired) electrons. The van der Waals surface area contributed by atoms with Crippen molar-refractivity contribution in [1.82, 2.24) is 0 Å². The van der Waals surface area contributed by atoms with Gasteiger partial charge in [-0.15, -0.1) is 0 Å². The topological polar surface area (TPSA) is 98.5 Å². The van der Waals surface area contributed by atoms with Crippen LogP contribution in [0.1, 0.15) is 22.8 Å². The first-order valence-corrected chi connectivity index (χ1v) is 7.18.